The van der Waals surface area contributed by atoms with E-state index in [1.165, 1.54) is 5.56 Å². The van der Waals surface area contributed by atoms with Crippen molar-refractivity contribution in [3.05, 3.63) is 78.0 Å². The third-order valence-electron chi connectivity index (χ3n) is 4.24. The number of methoxy groups -OCH3 is 1. The van der Waals surface area contributed by atoms with Crippen molar-refractivity contribution >= 4 is 21.5 Å². The first kappa shape index (κ1) is 19.7. The Kier molecular flexibility index (Phi) is 6.16. The second-order valence-corrected chi connectivity index (χ2v) is 8.06. The molecule has 146 valence electrons. The molecule has 1 heterocycles. The number of ether oxygens (including phenoxy) is 1. The summed E-state index contributed by atoms with van der Waals surface area (Å²) in [6.45, 7) is 2.65. The molecule has 3 rings (SSSR count). The molecule has 3 aromatic rings. The maximum atomic E-state index is 12.4. The minimum absolute atomic E-state index is 0.210. The number of benzene rings is 2. The number of aromatic nitrogens is 1. The van der Waals surface area contributed by atoms with E-state index in [9.17, 15) is 8.42 Å². The van der Waals surface area contributed by atoms with Gasteiger partial charge < -0.3 is 10.1 Å². The number of hydrogen-bond donors (Lipinski definition) is 2. The number of pyridine rings is 1. The van der Waals surface area contributed by atoms with Gasteiger partial charge in [0.25, 0.3) is 10.0 Å². The van der Waals surface area contributed by atoms with Gasteiger partial charge in [0.15, 0.2) is 0 Å². The van der Waals surface area contributed by atoms with Gasteiger partial charge in [0.05, 0.1) is 23.9 Å². The van der Waals surface area contributed by atoms with Crippen LogP contribution in [-0.4, -0.2) is 27.1 Å². The van der Waals surface area contributed by atoms with Crippen LogP contribution in [0.15, 0.2) is 71.8 Å². The summed E-state index contributed by atoms with van der Waals surface area (Å²) in [7, 11) is -2.00. The Morgan fingerprint density at radius 1 is 0.964 bits per heavy atom. The quantitative estimate of drug-likeness (QED) is 0.603. The highest BCUT2D eigenvalue weighted by Crippen LogP contribution is 2.17. The van der Waals surface area contributed by atoms with E-state index in [0.717, 1.165) is 30.0 Å². The molecule has 0 fully saturated rings. The summed E-state index contributed by atoms with van der Waals surface area (Å²) in [5, 5.41) is 3.28. The van der Waals surface area contributed by atoms with E-state index < -0.39 is 10.0 Å². The normalized spacial score (nSPS) is 11.1. The molecule has 0 aliphatic rings. The topological polar surface area (TPSA) is 80.3 Å². The minimum Gasteiger partial charge on any atom is -0.497 e. The fraction of sp³-hybridized carbons (Fsp3) is 0.190. The lowest BCUT2D eigenvalue weighted by Gasteiger charge is -2.10. The summed E-state index contributed by atoms with van der Waals surface area (Å²) in [6, 6.07) is 18.0. The van der Waals surface area contributed by atoms with E-state index in [1.807, 2.05) is 31.2 Å². The van der Waals surface area contributed by atoms with E-state index in [1.54, 1.807) is 49.7 Å². The number of sulfonamides is 1. The number of hydrogen-bond acceptors (Lipinski definition) is 5. The van der Waals surface area contributed by atoms with Gasteiger partial charge in [-0.1, -0.05) is 29.8 Å². The summed E-state index contributed by atoms with van der Waals surface area (Å²) in [5.74, 6) is 1.12. The highest BCUT2D eigenvalue weighted by molar-refractivity contribution is 7.92. The molecule has 0 unspecified atom stereocenters. The first-order chi connectivity index (χ1) is 13.5. The van der Waals surface area contributed by atoms with Crippen molar-refractivity contribution in [3.63, 3.8) is 0 Å². The van der Waals surface area contributed by atoms with Crippen LogP contribution in [0.1, 0.15) is 11.1 Å². The molecule has 0 spiro atoms. The Labute approximate surface area is 165 Å². The first-order valence-electron chi connectivity index (χ1n) is 8.88. The number of nitrogens with zero attached hydrogens (tertiary/aromatic N) is 1. The highest BCUT2D eigenvalue weighted by Gasteiger charge is 2.14. The molecule has 0 bridgehead atoms. The molecule has 0 radical (unpaired) electrons. The van der Waals surface area contributed by atoms with Crippen molar-refractivity contribution in [1.82, 2.24) is 4.98 Å². The lowest BCUT2D eigenvalue weighted by Crippen LogP contribution is -2.14. The van der Waals surface area contributed by atoms with Crippen molar-refractivity contribution in [2.45, 2.75) is 18.2 Å². The zero-order chi connectivity index (χ0) is 20.0. The fourth-order valence-corrected chi connectivity index (χ4v) is 3.62. The second-order valence-electron chi connectivity index (χ2n) is 6.38. The Morgan fingerprint density at radius 3 is 2.29 bits per heavy atom. The number of rotatable bonds is 8. The average Bonchev–Trinajstić information content (AvgIpc) is 2.70. The van der Waals surface area contributed by atoms with Crippen LogP contribution in [0.4, 0.5) is 11.5 Å². The molecule has 0 aliphatic carbocycles. The maximum absolute atomic E-state index is 12.4. The van der Waals surface area contributed by atoms with Gasteiger partial charge in [0, 0.05) is 6.54 Å². The van der Waals surface area contributed by atoms with Crippen LogP contribution in [0.5, 0.6) is 5.75 Å². The smallest absolute Gasteiger partial charge is 0.263 e. The van der Waals surface area contributed by atoms with Crippen molar-refractivity contribution in [1.29, 1.82) is 0 Å². The largest absolute Gasteiger partial charge is 0.497 e. The van der Waals surface area contributed by atoms with E-state index >= 15 is 0 Å². The first-order valence-corrected chi connectivity index (χ1v) is 10.4. The van der Waals surface area contributed by atoms with Crippen LogP contribution in [-0.2, 0) is 16.4 Å². The second kappa shape index (κ2) is 8.75. The summed E-state index contributed by atoms with van der Waals surface area (Å²) in [5.41, 5.74) is 3.03. The lowest BCUT2D eigenvalue weighted by molar-refractivity contribution is 0.414. The molecule has 0 atom stereocenters. The predicted octanol–water partition coefficient (Wildman–Crippen LogP) is 3.85. The van der Waals surface area contributed by atoms with Crippen LogP contribution in [0.25, 0.3) is 0 Å². The van der Waals surface area contributed by atoms with Gasteiger partial charge in [-0.05, 0) is 55.3 Å². The summed E-state index contributed by atoms with van der Waals surface area (Å²) < 4.78 is 32.4. The molecule has 28 heavy (non-hydrogen) atoms. The zero-order valence-electron chi connectivity index (χ0n) is 15.8. The van der Waals surface area contributed by atoms with Gasteiger partial charge >= 0.3 is 0 Å². The number of nitrogens with one attached hydrogen (secondary N) is 2. The highest BCUT2D eigenvalue weighted by atomic mass is 32.2. The van der Waals surface area contributed by atoms with Gasteiger partial charge in [-0.3, -0.25) is 4.72 Å². The molecule has 0 amide bonds. The van der Waals surface area contributed by atoms with E-state index in [2.05, 4.69) is 15.0 Å². The fourth-order valence-electron chi connectivity index (χ4n) is 2.62. The van der Waals surface area contributed by atoms with Crippen molar-refractivity contribution < 1.29 is 13.2 Å². The third kappa shape index (κ3) is 5.23. The van der Waals surface area contributed by atoms with Crippen molar-refractivity contribution in [2.24, 2.45) is 0 Å². The minimum atomic E-state index is -3.64. The van der Waals surface area contributed by atoms with Crippen LogP contribution in [0.3, 0.4) is 0 Å². The third-order valence-corrected chi connectivity index (χ3v) is 5.61. The predicted molar refractivity (Wildman–Crippen MR) is 111 cm³/mol. The molecule has 2 N–H and O–H groups in total. The number of anilines is 2. The molecule has 0 aliphatic heterocycles. The Bertz CT molecular complexity index is 1000. The summed E-state index contributed by atoms with van der Waals surface area (Å²) in [4.78, 5) is 4.40. The van der Waals surface area contributed by atoms with Gasteiger partial charge in [-0.2, -0.15) is 0 Å². The SMILES string of the molecule is COc1ccc(CCNc2ccc(NS(=O)(=O)c3ccc(C)cc3)nc2)cc1. The van der Waals surface area contributed by atoms with Gasteiger partial charge in [-0.25, -0.2) is 13.4 Å². The molecule has 6 nitrogen and oxygen atoms in total. The van der Waals surface area contributed by atoms with E-state index in [0.29, 0.717) is 0 Å². The van der Waals surface area contributed by atoms with Crippen LogP contribution < -0.4 is 14.8 Å². The molecular weight excluding hydrogens is 374 g/mol. The van der Waals surface area contributed by atoms with E-state index in [-0.39, 0.29) is 10.7 Å². The van der Waals surface area contributed by atoms with Crippen LogP contribution in [0, 0.1) is 6.92 Å². The van der Waals surface area contributed by atoms with E-state index in [4.69, 9.17) is 4.74 Å². The maximum Gasteiger partial charge on any atom is 0.263 e. The summed E-state index contributed by atoms with van der Waals surface area (Å²) in [6.07, 6.45) is 2.47. The number of aryl methyl sites for hydroxylation is 1. The molecule has 7 heteroatoms. The Morgan fingerprint density at radius 2 is 1.68 bits per heavy atom. The summed E-state index contributed by atoms with van der Waals surface area (Å²) >= 11 is 0. The monoisotopic (exact) mass is 397 g/mol. The van der Waals surface area contributed by atoms with Gasteiger partial charge in [0.2, 0.25) is 0 Å². The average molecular weight is 398 g/mol. The van der Waals surface area contributed by atoms with Gasteiger partial charge in [-0.15, -0.1) is 0 Å². The lowest BCUT2D eigenvalue weighted by atomic mass is 10.1. The van der Waals surface area contributed by atoms with Crippen molar-refractivity contribution in [3.8, 4) is 5.75 Å². The molecule has 0 saturated heterocycles. The van der Waals surface area contributed by atoms with Crippen LogP contribution in [0.2, 0.25) is 0 Å². The van der Waals surface area contributed by atoms with Crippen LogP contribution >= 0.6 is 0 Å². The Hall–Kier alpha value is -3.06. The molecule has 2 aromatic carbocycles. The standard InChI is InChI=1S/C21H23N3O3S/c1-16-3-10-20(11-4-16)28(25,26)24-21-12-7-18(15-23-21)22-14-13-17-5-8-19(27-2)9-6-17/h3-12,15,22H,13-14H2,1-2H3,(H,23,24). The molecule has 0 saturated carbocycles. The van der Waals surface area contributed by atoms with Gasteiger partial charge in [0.1, 0.15) is 11.6 Å². The Balaban J connectivity index is 1.54. The van der Waals surface area contributed by atoms with Crippen molar-refractivity contribution in [2.75, 3.05) is 23.7 Å². The zero-order valence-corrected chi connectivity index (χ0v) is 16.7. The molecule has 1 aromatic heterocycles. The molecular formula is C21H23N3O3S.